The zero-order valence-corrected chi connectivity index (χ0v) is 15.7. The molecule has 4 rings (SSSR count). The average molecular weight is 419 g/mol. The van der Waals surface area contributed by atoms with Crippen molar-refractivity contribution in [3.8, 4) is 11.3 Å². The van der Waals surface area contributed by atoms with Gasteiger partial charge in [0.05, 0.1) is 11.3 Å². The van der Waals surface area contributed by atoms with E-state index in [9.17, 15) is 22.4 Å². The lowest BCUT2D eigenvalue weighted by molar-refractivity contribution is -0.137. The van der Waals surface area contributed by atoms with Gasteiger partial charge in [-0.2, -0.15) is 13.2 Å². The number of rotatable bonds is 3. The normalized spacial score (nSPS) is 11.8. The fourth-order valence-electron chi connectivity index (χ4n) is 2.85. The lowest BCUT2D eigenvalue weighted by Gasteiger charge is -2.08. The van der Waals surface area contributed by atoms with Crippen LogP contribution in [0, 0.1) is 12.7 Å². The molecule has 0 bridgehead atoms. The minimum Gasteiger partial charge on any atom is -0.321 e. The quantitative estimate of drug-likeness (QED) is 0.428. The Morgan fingerprint density at radius 2 is 1.72 bits per heavy atom. The number of aromatic nitrogens is 2. The van der Waals surface area contributed by atoms with Crippen LogP contribution in [0.2, 0.25) is 0 Å². The van der Waals surface area contributed by atoms with Crippen LogP contribution in [0.1, 0.15) is 20.9 Å². The highest BCUT2D eigenvalue weighted by molar-refractivity contribution is 7.19. The van der Waals surface area contributed by atoms with Crippen molar-refractivity contribution < 1.29 is 22.4 Å². The standard InChI is InChI=1S/C20H13F4N3OS/c1-11-17(18(28)25-15-8-4-13(5-9-15)20(22,23)24)29-19-26-16(10-27(11)19)12-2-6-14(21)7-3-12/h2-10H,1H3,(H,25,28). The molecule has 0 aliphatic heterocycles. The summed E-state index contributed by atoms with van der Waals surface area (Å²) in [7, 11) is 0. The number of thiazole rings is 1. The maximum atomic E-state index is 13.1. The van der Waals surface area contributed by atoms with Crippen molar-refractivity contribution in [2.75, 3.05) is 5.32 Å². The Hall–Kier alpha value is -3.20. The van der Waals surface area contributed by atoms with Gasteiger partial charge in [0.2, 0.25) is 0 Å². The molecule has 29 heavy (non-hydrogen) atoms. The minimum atomic E-state index is -4.43. The molecule has 2 heterocycles. The third-order valence-corrected chi connectivity index (χ3v) is 5.53. The highest BCUT2D eigenvalue weighted by atomic mass is 32.1. The van der Waals surface area contributed by atoms with Crippen molar-refractivity contribution in [1.29, 1.82) is 0 Å². The third kappa shape index (κ3) is 3.73. The molecule has 0 radical (unpaired) electrons. The Morgan fingerprint density at radius 3 is 2.31 bits per heavy atom. The van der Waals surface area contributed by atoms with Gasteiger partial charge in [-0.15, -0.1) is 0 Å². The number of aryl methyl sites for hydroxylation is 1. The van der Waals surface area contributed by atoms with Crippen molar-refractivity contribution >= 4 is 27.9 Å². The summed E-state index contributed by atoms with van der Waals surface area (Å²) in [5.41, 5.74) is 1.52. The lowest BCUT2D eigenvalue weighted by atomic mass is 10.2. The summed E-state index contributed by atoms with van der Waals surface area (Å²) in [4.78, 5) is 18.0. The average Bonchev–Trinajstić information content (AvgIpc) is 3.22. The highest BCUT2D eigenvalue weighted by Gasteiger charge is 2.30. The van der Waals surface area contributed by atoms with Crippen molar-refractivity contribution in [1.82, 2.24) is 9.38 Å². The molecular weight excluding hydrogens is 406 g/mol. The maximum absolute atomic E-state index is 13.1. The molecule has 0 aliphatic rings. The number of benzene rings is 2. The van der Waals surface area contributed by atoms with Gasteiger partial charge in [-0.05, 0) is 55.5 Å². The van der Waals surface area contributed by atoms with Crippen molar-refractivity contribution in [2.45, 2.75) is 13.1 Å². The highest BCUT2D eigenvalue weighted by Crippen LogP contribution is 2.31. The Kier molecular flexibility index (Phi) is 4.62. The van der Waals surface area contributed by atoms with E-state index in [1.165, 1.54) is 24.3 Å². The van der Waals surface area contributed by atoms with Gasteiger partial charge in [-0.3, -0.25) is 9.20 Å². The predicted molar refractivity (Wildman–Crippen MR) is 103 cm³/mol. The molecule has 148 valence electrons. The number of nitrogens with zero attached hydrogens (tertiary/aromatic N) is 2. The predicted octanol–water partition coefficient (Wildman–Crippen LogP) is 5.78. The molecule has 4 aromatic rings. The van der Waals surface area contributed by atoms with Gasteiger partial charge in [0.15, 0.2) is 4.96 Å². The van der Waals surface area contributed by atoms with E-state index in [0.717, 1.165) is 29.0 Å². The van der Waals surface area contributed by atoms with Crippen LogP contribution in [0.5, 0.6) is 0 Å². The Morgan fingerprint density at radius 1 is 1.07 bits per heavy atom. The third-order valence-electron chi connectivity index (χ3n) is 4.37. The van der Waals surface area contributed by atoms with E-state index in [-0.39, 0.29) is 11.5 Å². The monoisotopic (exact) mass is 419 g/mol. The van der Waals surface area contributed by atoms with E-state index in [0.29, 0.717) is 21.2 Å². The molecule has 0 spiro atoms. The topological polar surface area (TPSA) is 46.4 Å². The smallest absolute Gasteiger partial charge is 0.321 e. The Bertz CT molecular complexity index is 1190. The van der Waals surface area contributed by atoms with E-state index in [1.807, 2.05) is 0 Å². The molecule has 2 aromatic carbocycles. The van der Waals surface area contributed by atoms with E-state index >= 15 is 0 Å². The van der Waals surface area contributed by atoms with Gasteiger partial charge in [0.25, 0.3) is 5.91 Å². The number of nitrogens with one attached hydrogen (secondary N) is 1. The lowest BCUT2D eigenvalue weighted by Crippen LogP contribution is -2.12. The summed E-state index contributed by atoms with van der Waals surface area (Å²) in [6.07, 6.45) is -2.68. The van der Waals surface area contributed by atoms with Crippen LogP contribution < -0.4 is 5.32 Å². The van der Waals surface area contributed by atoms with Crippen molar-refractivity contribution in [2.24, 2.45) is 0 Å². The number of carbonyl (C=O) groups is 1. The van der Waals surface area contributed by atoms with Crippen LogP contribution in [0.25, 0.3) is 16.2 Å². The number of imidazole rings is 1. The number of anilines is 1. The molecule has 0 atom stereocenters. The maximum Gasteiger partial charge on any atom is 0.416 e. The first-order chi connectivity index (χ1) is 13.7. The molecule has 1 N–H and O–H groups in total. The SMILES string of the molecule is Cc1c(C(=O)Nc2ccc(C(F)(F)F)cc2)sc2nc(-c3ccc(F)cc3)cn12. The van der Waals surface area contributed by atoms with Gasteiger partial charge in [-0.25, -0.2) is 9.37 Å². The van der Waals surface area contributed by atoms with Gasteiger partial charge in [0, 0.05) is 23.1 Å². The van der Waals surface area contributed by atoms with Crippen molar-refractivity contribution in [3.63, 3.8) is 0 Å². The molecule has 1 amide bonds. The second kappa shape index (κ2) is 7.00. The van der Waals surface area contributed by atoms with Gasteiger partial charge in [0.1, 0.15) is 10.7 Å². The number of amides is 1. The van der Waals surface area contributed by atoms with Crippen LogP contribution in [0.15, 0.2) is 54.7 Å². The summed E-state index contributed by atoms with van der Waals surface area (Å²) < 4.78 is 52.8. The van der Waals surface area contributed by atoms with Crippen LogP contribution in [-0.4, -0.2) is 15.3 Å². The number of halogens is 4. The molecule has 0 fully saturated rings. The fraction of sp³-hybridized carbons (Fsp3) is 0.100. The summed E-state index contributed by atoms with van der Waals surface area (Å²) in [6.45, 7) is 1.75. The van der Waals surface area contributed by atoms with E-state index in [4.69, 9.17) is 0 Å². The number of alkyl halides is 3. The molecule has 2 aromatic heterocycles. The summed E-state index contributed by atoms with van der Waals surface area (Å²) >= 11 is 1.16. The Labute approximate surface area is 166 Å². The second-order valence-corrected chi connectivity index (χ2v) is 7.31. The van der Waals surface area contributed by atoms with Crippen LogP contribution in [0.3, 0.4) is 0 Å². The molecule has 0 aliphatic carbocycles. The zero-order valence-electron chi connectivity index (χ0n) is 14.9. The molecule has 0 saturated heterocycles. The van der Waals surface area contributed by atoms with Crippen molar-refractivity contribution in [3.05, 3.63) is 76.7 Å². The Balaban J connectivity index is 1.57. The first-order valence-corrected chi connectivity index (χ1v) is 9.27. The minimum absolute atomic E-state index is 0.264. The van der Waals surface area contributed by atoms with Gasteiger partial charge < -0.3 is 5.32 Å². The fourth-order valence-corrected chi connectivity index (χ4v) is 3.86. The number of fused-ring (bicyclic) bond motifs is 1. The van der Waals surface area contributed by atoms with Crippen LogP contribution in [-0.2, 0) is 6.18 Å². The number of carbonyl (C=O) groups excluding carboxylic acids is 1. The van der Waals surface area contributed by atoms with Gasteiger partial charge >= 0.3 is 6.18 Å². The van der Waals surface area contributed by atoms with Crippen LogP contribution >= 0.6 is 11.3 Å². The molecule has 0 saturated carbocycles. The van der Waals surface area contributed by atoms with Crippen LogP contribution in [0.4, 0.5) is 23.2 Å². The largest absolute Gasteiger partial charge is 0.416 e. The molecule has 4 nitrogen and oxygen atoms in total. The first kappa shape index (κ1) is 19.1. The molecular formula is C20H13F4N3OS. The molecule has 0 unspecified atom stereocenters. The number of hydrogen-bond acceptors (Lipinski definition) is 3. The van der Waals surface area contributed by atoms with E-state index < -0.39 is 17.6 Å². The second-order valence-electron chi connectivity index (χ2n) is 6.33. The summed E-state index contributed by atoms with van der Waals surface area (Å²) in [5.74, 6) is -0.769. The van der Waals surface area contributed by atoms with Gasteiger partial charge in [-0.1, -0.05) is 11.3 Å². The summed E-state index contributed by atoms with van der Waals surface area (Å²) in [5, 5.41) is 2.60. The zero-order chi connectivity index (χ0) is 20.8. The number of hydrogen-bond donors (Lipinski definition) is 1. The van der Waals surface area contributed by atoms with E-state index in [2.05, 4.69) is 10.3 Å². The molecule has 9 heteroatoms. The summed E-state index contributed by atoms with van der Waals surface area (Å²) in [6, 6.07) is 10.2. The van der Waals surface area contributed by atoms with E-state index in [1.54, 1.807) is 29.7 Å². The first-order valence-electron chi connectivity index (χ1n) is 8.45.